The van der Waals surface area contributed by atoms with E-state index >= 15 is 0 Å². The lowest BCUT2D eigenvalue weighted by Crippen LogP contribution is -2.14. The van der Waals surface area contributed by atoms with Gasteiger partial charge in [-0.3, -0.25) is 0 Å². The third-order valence-corrected chi connectivity index (χ3v) is 3.56. The lowest BCUT2D eigenvalue weighted by molar-refractivity contribution is 0.233. The van der Waals surface area contributed by atoms with Gasteiger partial charge in [0.2, 0.25) is 0 Å². The highest BCUT2D eigenvalue weighted by atomic mass is 16.5. The molecule has 2 aromatic carbocycles. The summed E-state index contributed by atoms with van der Waals surface area (Å²) >= 11 is 0. The van der Waals surface area contributed by atoms with Crippen LogP contribution in [0.15, 0.2) is 48.0 Å². The van der Waals surface area contributed by atoms with E-state index in [0.29, 0.717) is 5.75 Å². The summed E-state index contributed by atoms with van der Waals surface area (Å²) in [6.45, 7) is 2.06. The molecule has 2 N–H and O–H groups in total. The van der Waals surface area contributed by atoms with Crippen molar-refractivity contribution in [2.75, 3.05) is 0 Å². The second-order valence-electron chi connectivity index (χ2n) is 4.85. The second kappa shape index (κ2) is 4.93. The van der Waals surface area contributed by atoms with Gasteiger partial charge in [-0.2, -0.15) is 0 Å². The van der Waals surface area contributed by atoms with Crippen LogP contribution in [0.4, 0.5) is 0 Å². The van der Waals surface area contributed by atoms with Gasteiger partial charge in [0.1, 0.15) is 23.4 Å². The zero-order valence-corrected chi connectivity index (χ0v) is 11.2. The van der Waals surface area contributed by atoms with E-state index in [1.807, 2.05) is 24.3 Å². The minimum absolute atomic E-state index is 0.171. The normalized spacial score (nSPS) is 17.1. The molecule has 1 aliphatic rings. The second-order valence-corrected chi connectivity index (χ2v) is 4.85. The zero-order chi connectivity index (χ0) is 14.1. The van der Waals surface area contributed by atoms with Crippen LogP contribution in [-0.4, -0.2) is 10.2 Å². The summed E-state index contributed by atoms with van der Waals surface area (Å²) in [6, 6.07) is 12.3. The maximum absolute atomic E-state index is 9.91. The van der Waals surface area contributed by atoms with Crippen LogP contribution in [-0.2, 0) is 0 Å². The minimum Gasteiger partial charge on any atom is -0.508 e. The van der Waals surface area contributed by atoms with Crippen LogP contribution in [0, 0.1) is 0 Å². The van der Waals surface area contributed by atoms with Crippen molar-refractivity contribution in [3.63, 3.8) is 0 Å². The molecule has 0 amide bonds. The van der Waals surface area contributed by atoms with E-state index in [-0.39, 0.29) is 17.6 Å². The van der Waals surface area contributed by atoms with E-state index in [2.05, 4.69) is 6.92 Å². The fraction of sp³-hybridized carbons (Fsp3) is 0.176. The summed E-state index contributed by atoms with van der Waals surface area (Å²) in [5.74, 6) is 1.16. The number of rotatable bonds is 2. The lowest BCUT2D eigenvalue weighted by Gasteiger charge is -2.27. The molecule has 0 fully saturated rings. The quantitative estimate of drug-likeness (QED) is 0.864. The first-order valence-electron chi connectivity index (χ1n) is 6.67. The van der Waals surface area contributed by atoms with Gasteiger partial charge in [0.25, 0.3) is 0 Å². The van der Waals surface area contributed by atoms with E-state index in [0.717, 1.165) is 23.1 Å². The smallest absolute Gasteiger partial charge is 0.145 e. The molecule has 1 atom stereocenters. The summed E-state index contributed by atoms with van der Waals surface area (Å²) in [5, 5.41) is 19.3. The largest absolute Gasteiger partial charge is 0.508 e. The molecule has 102 valence electrons. The molecule has 0 saturated carbocycles. The van der Waals surface area contributed by atoms with E-state index in [4.69, 9.17) is 4.74 Å². The Bertz CT molecular complexity index is 656. The Balaban J connectivity index is 2.05. The van der Waals surface area contributed by atoms with E-state index < -0.39 is 0 Å². The molecule has 1 aliphatic heterocycles. The monoisotopic (exact) mass is 268 g/mol. The van der Waals surface area contributed by atoms with Crippen molar-refractivity contribution in [2.45, 2.75) is 19.4 Å². The van der Waals surface area contributed by atoms with Crippen molar-refractivity contribution in [2.24, 2.45) is 0 Å². The van der Waals surface area contributed by atoms with E-state index in [9.17, 15) is 10.2 Å². The van der Waals surface area contributed by atoms with Gasteiger partial charge in [0.15, 0.2) is 0 Å². The number of aromatic hydroxyl groups is 2. The number of phenols is 2. The van der Waals surface area contributed by atoms with Gasteiger partial charge in [-0.15, -0.1) is 0 Å². The van der Waals surface area contributed by atoms with Crippen molar-refractivity contribution in [3.8, 4) is 17.2 Å². The molecule has 3 nitrogen and oxygen atoms in total. The summed E-state index contributed by atoms with van der Waals surface area (Å²) in [6.07, 6.45) is 2.65. The highest BCUT2D eigenvalue weighted by Gasteiger charge is 2.24. The van der Waals surface area contributed by atoms with Crippen LogP contribution in [0.2, 0.25) is 0 Å². The molecule has 1 unspecified atom stereocenters. The zero-order valence-electron chi connectivity index (χ0n) is 11.2. The van der Waals surface area contributed by atoms with Crippen molar-refractivity contribution in [1.29, 1.82) is 0 Å². The molecular formula is C17H16O3. The Kier molecular flexibility index (Phi) is 3.11. The molecule has 0 bridgehead atoms. The minimum atomic E-state index is -0.171. The topological polar surface area (TPSA) is 49.7 Å². The van der Waals surface area contributed by atoms with Crippen molar-refractivity contribution < 1.29 is 14.9 Å². The van der Waals surface area contributed by atoms with Gasteiger partial charge in [-0.25, -0.2) is 0 Å². The molecular weight excluding hydrogens is 252 g/mol. The van der Waals surface area contributed by atoms with Crippen LogP contribution >= 0.6 is 0 Å². The fourth-order valence-electron chi connectivity index (χ4n) is 2.46. The van der Waals surface area contributed by atoms with Gasteiger partial charge in [0.05, 0.1) is 5.56 Å². The molecule has 0 saturated heterocycles. The predicted molar refractivity (Wildman–Crippen MR) is 77.9 cm³/mol. The van der Waals surface area contributed by atoms with Crippen molar-refractivity contribution in [1.82, 2.24) is 0 Å². The predicted octanol–water partition coefficient (Wildman–Crippen LogP) is 4.02. The lowest BCUT2D eigenvalue weighted by atomic mass is 9.94. The van der Waals surface area contributed by atoms with Crippen LogP contribution in [0.1, 0.15) is 30.6 Å². The van der Waals surface area contributed by atoms with Gasteiger partial charge in [-0.05, 0) is 47.9 Å². The van der Waals surface area contributed by atoms with Gasteiger partial charge < -0.3 is 14.9 Å². The first-order valence-corrected chi connectivity index (χ1v) is 6.67. The van der Waals surface area contributed by atoms with E-state index in [1.54, 1.807) is 24.3 Å². The molecule has 20 heavy (non-hydrogen) atoms. The molecule has 0 spiro atoms. The highest BCUT2D eigenvalue weighted by Crippen LogP contribution is 2.41. The molecule has 3 heteroatoms. The Labute approximate surface area is 117 Å². The summed E-state index contributed by atoms with van der Waals surface area (Å²) in [7, 11) is 0. The SMILES string of the molecule is CCC1=Cc2c(O)cccc2OC1c1ccc(O)cc1. The molecule has 1 heterocycles. The Morgan fingerprint density at radius 3 is 2.50 bits per heavy atom. The summed E-state index contributed by atoms with van der Waals surface area (Å²) < 4.78 is 6.03. The number of benzene rings is 2. The fourth-order valence-corrected chi connectivity index (χ4v) is 2.46. The van der Waals surface area contributed by atoms with Gasteiger partial charge in [0, 0.05) is 0 Å². The summed E-state index contributed by atoms with van der Waals surface area (Å²) in [4.78, 5) is 0. The Hall–Kier alpha value is -2.42. The molecule has 2 aromatic rings. The number of ether oxygens (including phenoxy) is 1. The van der Waals surface area contributed by atoms with Crippen LogP contribution in [0.25, 0.3) is 6.08 Å². The van der Waals surface area contributed by atoms with Crippen molar-refractivity contribution >= 4 is 6.08 Å². The average molecular weight is 268 g/mol. The average Bonchev–Trinajstić information content (AvgIpc) is 2.47. The highest BCUT2D eigenvalue weighted by molar-refractivity contribution is 5.69. The Morgan fingerprint density at radius 2 is 1.80 bits per heavy atom. The maximum Gasteiger partial charge on any atom is 0.145 e. The molecule has 0 aliphatic carbocycles. The van der Waals surface area contributed by atoms with Gasteiger partial charge >= 0.3 is 0 Å². The molecule has 0 radical (unpaired) electrons. The maximum atomic E-state index is 9.91. The van der Waals surface area contributed by atoms with Gasteiger partial charge in [-0.1, -0.05) is 25.1 Å². The number of hydrogen-bond donors (Lipinski definition) is 2. The Morgan fingerprint density at radius 1 is 1.05 bits per heavy atom. The first-order chi connectivity index (χ1) is 9.69. The number of fused-ring (bicyclic) bond motifs is 1. The van der Waals surface area contributed by atoms with E-state index in [1.165, 1.54) is 0 Å². The number of phenolic OH excluding ortho intramolecular Hbond substituents is 2. The standard InChI is InChI=1S/C17H16O3/c1-2-11-10-14-15(19)4-3-5-16(14)20-17(11)12-6-8-13(18)9-7-12/h3-10,17-19H,2H2,1H3. The van der Waals surface area contributed by atoms with Crippen LogP contribution in [0.3, 0.4) is 0 Å². The molecule has 3 rings (SSSR count). The first kappa shape index (κ1) is 12.6. The third-order valence-electron chi connectivity index (χ3n) is 3.56. The third kappa shape index (κ3) is 2.11. The van der Waals surface area contributed by atoms with Crippen LogP contribution in [0.5, 0.6) is 17.2 Å². The number of hydrogen-bond acceptors (Lipinski definition) is 3. The van der Waals surface area contributed by atoms with Crippen molar-refractivity contribution in [3.05, 3.63) is 59.2 Å². The summed E-state index contributed by atoms with van der Waals surface area (Å²) in [5.41, 5.74) is 2.83. The van der Waals surface area contributed by atoms with Crippen LogP contribution < -0.4 is 4.74 Å². The molecule has 0 aromatic heterocycles.